The first-order valence-corrected chi connectivity index (χ1v) is 6.27. The second-order valence-electron chi connectivity index (χ2n) is 4.91. The van der Waals surface area contributed by atoms with Gasteiger partial charge in [0.2, 0.25) is 5.91 Å². The smallest absolute Gasteiger partial charge is 0.222 e. The van der Waals surface area contributed by atoms with E-state index in [1.54, 1.807) is 0 Å². The van der Waals surface area contributed by atoms with E-state index in [0.29, 0.717) is 11.9 Å². The van der Waals surface area contributed by atoms with E-state index in [9.17, 15) is 4.79 Å². The average Bonchev–Trinajstić information content (AvgIpc) is 2.86. The Morgan fingerprint density at radius 2 is 2.35 bits per heavy atom. The molecule has 0 saturated carbocycles. The van der Waals surface area contributed by atoms with Crippen molar-refractivity contribution in [3.63, 3.8) is 0 Å². The van der Waals surface area contributed by atoms with Gasteiger partial charge in [-0.05, 0) is 25.0 Å². The Balaban J connectivity index is 1.73. The fraction of sp³-hybridized carbons (Fsp3) is 0.615. The largest absolute Gasteiger partial charge is 0.357 e. The molecule has 94 valence electrons. The molecule has 4 heteroatoms. The van der Waals surface area contributed by atoms with Gasteiger partial charge in [-0.15, -0.1) is 0 Å². The molecule has 0 aliphatic carbocycles. The molecule has 1 atom stereocenters. The third-order valence-corrected chi connectivity index (χ3v) is 3.21. The Kier molecular flexibility index (Phi) is 3.84. The molecule has 0 radical (unpaired) electrons. The van der Waals surface area contributed by atoms with Crippen molar-refractivity contribution < 1.29 is 4.79 Å². The van der Waals surface area contributed by atoms with Gasteiger partial charge in [-0.25, -0.2) is 0 Å². The van der Waals surface area contributed by atoms with Gasteiger partial charge >= 0.3 is 0 Å². The zero-order chi connectivity index (χ0) is 12.3. The minimum Gasteiger partial charge on any atom is -0.357 e. The Labute approximate surface area is 103 Å². The van der Waals surface area contributed by atoms with Crippen molar-refractivity contribution in [1.29, 1.82) is 0 Å². The fourth-order valence-corrected chi connectivity index (χ4v) is 2.25. The highest BCUT2D eigenvalue weighted by Gasteiger charge is 2.21. The number of carbonyl (C=O) groups excluding carboxylic acids is 1. The van der Waals surface area contributed by atoms with Crippen LogP contribution in [0.1, 0.15) is 25.3 Å². The molecule has 1 aromatic heterocycles. The highest BCUT2D eigenvalue weighted by atomic mass is 16.2. The van der Waals surface area contributed by atoms with Crippen LogP contribution in [0.25, 0.3) is 0 Å². The molecule has 0 bridgehead atoms. The Bertz CT molecular complexity index is 386. The van der Waals surface area contributed by atoms with Gasteiger partial charge in [-0.1, -0.05) is 0 Å². The van der Waals surface area contributed by atoms with E-state index in [1.807, 2.05) is 22.7 Å². The van der Waals surface area contributed by atoms with Crippen molar-refractivity contribution in [3.05, 3.63) is 24.0 Å². The number of nitrogens with zero attached hydrogens (tertiary/aromatic N) is 2. The topological polar surface area (TPSA) is 37.3 Å². The molecule has 0 aromatic carbocycles. The summed E-state index contributed by atoms with van der Waals surface area (Å²) in [5.74, 6) is 0.304. The quantitative estimate of drug-likeness (QED) is 0.830. The van der Waals surface area contributed by atoms with Crippen molar-refractivity contribution >= 4 is 5.91 Å². The Morgan fingerprint density at radius 1 is 1.53 bits per heavy atom. The number of hydrogen-bond acceptors (Lipinski definition) is 2. The minimum atomic E-state index is 0.304. The highest BCUT2D eigenvalue weighted by molar-refractivity contribution is 5.78. The number of aromatic nitrogens is 1. The molecule has 1 aliphatic heterocycles. The summed E-state index contributed by atoms with van der Waals surface area (Å²) in [6, 6.07) is 2.46. The number of amides is 1. The van der Waals surface area contributed by atoms with Crippen LogP contribution in [0.4, 0.5) is 0 Å². The molecule has 2 rings (SSSR count). The number of likely N-dealkylation sites (tertiary alicyclic amines) is 1. The summed E-state index contributed by atoms with van der Waals surface area (Å²) in [6.07, 6.45) is 5.90. The van der Waals surface area contributed by atoms with Crippen LogP contribution in [-0.4, -0.2) is 34.5 Å². The van der Waals surface area contributed by atoms with Gasteiger partial charge in [0.05, 0.1) is 0 Å². The maximum absolute atomic E-state index is 11.5. The average molecular weight is 235 g/mol. The molecule has 1 N–H and O–H groups in total. The Hall–Kier alpha value is -1.29. The van der Waals surface area contributed by atoms with E-state index in [2.05, 4.69) is 24.5 Å². The van der Waals surface area contributed by atoms with Crippen molar-refractivity contribution in [1.82, 2.24) is 14.8 Å². The van der Waals surface area contributed by atoms with Crippen LogP contribution >= 0.6 is 0 Å². The minimum absolute atomic E-state index is 0.304. The lowest BCUT2D eigenvalue weighted by Crippen LogP contribution is -2.39. The van der Waals surface area contributed by atoms with Crippen LogP contribution < -0.4 is 5.32 Å². The van der Waals surface area contributed by atoms with Crippen molar-refractivity contribution in [2.75, 3.05) is 13.1 Å². The first kappa shape index (κ1) is 12.2. The molecule has 1 amide bonds. The second kappa shape index (κ2) is 5.36. The van der Waals surface area contributed by atoms with Gasteiger partial charge < -0.3 is 14.8 Å². The molecule has 17 heavy (non-hydrogen) atoms. The lowest BCUT2D eigenvalue weighted by molar-refractivity contribution is -0.127. The van der Waals surface area contributed by atoms with Gasteiger partial charge in [0.25, 0.3) is 0 Å². The highest BCUT2D eigenvalue weighted by Crippen LogP contribution is 2.10. The molecule has 1 unspecified atom stereocenters. The molecule has 2 heterocycles. The molecular formula is C13H21N3O. The molecule has 1 fully saturated rings. The van der Waals surface area contributed by atoms with Gasteiger partial charge in [-0.3, -0.25) is 4.79 Å². The molecule has 1 aliphatic rings. The maximum atomic E-state index is 11.5. The monoisotopic (exact) mass is 235 g/mol. The molecule has 1 aromatic rings. The van der Waals surface area contributed by atoms with Crippen molar-refractivity contribution in [3.8, 4) is 0 Å². The standard InChI is InChI=1S/C13H21N3O/c1-11(9-16-6-3-4-13(16)17)14-8-12-5-7-15(2)10-12/h5,7,10-11,14H,3-4,6,8-9H2,1-2H3. The van der Waals surface area contributed by atoms with Crippen LogP contribution in [0.3, 0.4) is 0 Å². The van der Waals surface area contributed by atoms with E-state index >= 15 is 0 Å². The van der Waals surface area contributed by atoms with E-state index in [-0.39, 0.29) is 0 Å². The Morgan fingerprint density at radius 3 is 2.94 bits per heavy atom. The third kappa shape index (κ3) is 3.33. The number of nitrogens with one attached hydrogen (secondary N) is 1. The number of rotatable bonds is 5. The van der Waals surface area contributed by atoms with Crippen molar-refractivity contribution in [2.45, 2.75) is 32.4 Å². The van der Waals surface area contributed by atoms with Gasteiger partial charge in [-0.2, -0.15) is 0 Å². The van der Waals surface area contributed by atoms with Gasteiger partial charge in [0.15, 0.2) is 0 Å². The lowest BCUT2D eigenvalue weighted by Gasteiger charge is -2.21. The maximum Gasteiger partial charge on any atom is 0.222 e. The molecule has 4 nitrogen and oxygen atoms in total. The summed E-state index contributed by atoms with van der Waals surface area (Å²) >= 11 is 0. The normalized spacial score (nSPS) is 17.8. The zero-order valence-corrected chi connectivity index (χ0v) is 10.6. The zero-order valence-electron chi connectivity index (χ0n) is 10.6. The number of hydrogen-bond donors (Lipinski definition) is 1. The SMILES string of the molecule is CC(CN1CCCC1=O)NCc1ccn(C)c1. The van der Waals surface area contributed by atoms with E-state index in [0.717, 1.165) is 32.5 Å². The lowest BCUT2D eigenvalue weighted by atomic mass is 10.2. The summed E-state index contributed by atoms with van der Waals surface area (Å²) in [5, 5.41) is 3.45. The summed E-state index contributed by atoms with van der Waals surface area (Å²) in [7, 11) is 2.02. The van der Waals surface area contributed by atoms with Crippen LogP contribution in [0.5, 0.6) is 0 Å². The van der Waals surface area contributed by atoms with Crippen LogP contribution in [0.2, 0.25) is 0 Å². The summed E-state index contributed by atoms with van der Waals surface area (Å²) in [5.41, 5.74) is 1.28. The first-order chi connectivity index (χ1) is 8.15. The third-order valence-electron chi connectivity index (χ3n) is 3.21. The number of carbonyl (C=O) groups is 1. The van der Waals surface area contributed by atoms with Gasteiger partial charge in [0, 0.05) is 51.5 Å². The molecule has 0 spiro atoms. The number of aryl methyl sites for hydroxylation is 1. The van der Waals surface area contributed by atoms with E-state index in [1.165, 1.54) is 5.56 Å². The van der Waals surface area contributed by atoms with Crippen LogP contribution in [0, 0.1) is 0 Å². The summed E-state index contributed by atoms with van der Waals surface area (Å²) in [4.78, 5) is 13.4. The van der Waals surface area contributed by atoms with Crippen LogP contribution in [-0.2, 0) is 18.4 Å². The van der Waals surface area contributed by atoms with Crippen molar-refractivity contribution in [2.24, 2.45) is 7.05 Å². The van der Waals surface area contributed by atoms with E-state index in [4.69, 9.17) is 0 Å². The fourth-order valence-electron chi connectivity index (χ4n) is 2.25. The molecular weight excluding hydrogens is 214 g/mol. The van der Waals surface area contributed by atoms with Crippen LogP contribution in [0.15, 0.2) is 18.5 Å². The summed E-state index contributed by atoms with van der Waals surface area (Å²) < 4.78 is 2.05. The molecule has 1 saturated heterocycles. The van der Waals surface area contributed by atoms with Gasteiger partial charge in [0.1, 0.15) is 0 Å². The first-order valence-electron chi connectivity index (χ1n) is 6.27. The summed E-state index contributed by atoms with van der Waals surface area (Å²) in [6.45, 7) is 4.75. The predicted octanol–water partition coefficient (Wildman–Crippen LogP) is 1.13. The van der Waals surface area contributed by atoms with E-state index < -0.39 is 0 Å². The predicted molar refractivity (Wildman–Crippen MR) is 67.5 cm³/mol. The second-order valence-corrected chi connectivity index (χ2v) is 4.91.